The van der Waals surface area contributed by atoms with Gasteiger partial charge in [0, 0.05) is 111 Å². The fourth-order valence-electron chi connectivity index (χ4n) is 10.7. The summed E-state index contributed by atoms with van der Waals surface area (Å²) in [7, 11) is 1.23. The molecule has 120 heavy (non-hydrogen) atoms. The third-order valence-corrected chi connectivity index (χ3v) is 25.5. The first kappa shape index (κ1) is 93.3. The van der Waals surface area contributed by atoms with Crippen LogP contribution in [0.25, 0.3) is 40.3 Å². The topological polar surface area (TPSA) is 424 Å². The first-order chi connectivity index (χ1) is 57.4. The number of carbonyl (C=O) groups is 10. The number of nitrogens with zero attached hydrogens (tertiary/aromatic N) is 3. The summed E-state index contributed by atoms with van der Waals surface area (Å²) in [5.74, 6) is -4.98. The van der Waals surface area contributed by atoms with Crippen molar-refractivity contribution in [1.82, 2.24) is 15.0 Å². The predicted molar refractivity (Wildman–Crippen MR) is 470 cm³/mol. The molecule has 0 atom stereocenters. The number of thiophene rings is 4. The van der Waals surface area contributed by atoms with Crippen molar-refractivity contribution in [2.75, 3.05) is 29.2 Å². The van der Waals surface area contributed by atoms with Crippen LogP contribution in [-0.4, -0.2) is 108 Å². The number of carboxylic acid groups (broad SMARTS) is 3. The van der Waals surface area contributed by atoms with E-state index in [2.05, 4.69) is 30.3 Å². The van der Waals surface area contributed by atoms with Crippen molar-refractivity contribution in [1.29, 1.82) is 0 Å². The summed E-state index contributed by atoms with van der Waals surface area (Å²) in [4.78, 5) is 165. The number of Topliss-reactive ketones (excluding diaryl/α,β-unsaturated/α-hetero) is 3. The summed E-state index contributed by atoms with van der Waals surface area (Å²) in [6.45, 7) is 3.79. The van der Waals surface area contributed by atoms with Gasteiger partial charge in [-0.25, -0.2) is 34.1 Å². The van der Waals surface area contributed by atoms with Gasteiger partial charge in [-0.3, -0.25) is 39.4 Å². The number of nitrogen functional groups attached to an aromatic ring is 2. The minimum atomic E-state index is -1.17. The van der Waals surface area contributed by atoms with Crippen LogP contribution in [0.5, 0.6) is 0 Å². The van der Waals surface area contributed by atoms with Gasteiger partial charge in [0.15, 0.2) is 32.7 Å². The van der Waals surface area contributed by atoms with Crippen LogP contribution in [0.1, 0.15) is 129 Å². The lowest BCUT2D eigenvalue weighted by molar-refractivity contribution is -0.193. The smallest absolute Gasteiger partial charge is 0.373 e. The number of nitrogens with one attached hydrogen (secondary N) is 2. The van der Waals surface area contributed by atoms with Crippen LogP contribution < -0.4 is 22.1 Å². The fourth-order valence-corrected chi connectivity index (χ4v) is 18.2. The van der Waals surface area contributed by atoms with Gasteiger partial charge in [0.05, 0.1) is 64.1 Å². The Morgan fingerprint density at radius 1 is 0.417 bits per heavy atom. The number of aromatic nitrogens is 3. The molecule has 0 aliphatic carbocycles. The summed E-state index contributed by atoms with van der Waals surface area (Å²) in [5, 5.41) is 44.3. The summed E-state index contributed by atoms with van der Waals surface area (Å²) in [5.41, 5.74) is 15.4. The number of ketones is 3. The van der Waals surface area contributed by atoms with Gasteiger partial charge in [-0.15, -0.1) is 79.4 Å². The number of thiazole rings is 3. The van der Waals surface area contributed by atoms with E-state index in [1.54, 1.807) is 53.6 Å². The van der Waals surface area contributed by atoms with Crippen LogP contribution >= 0.6 is 137 Å². The fraction of sp³-hybridized carbons (Fsp3) is 0.0723. The Bertz CT molecular complexity index is 6360. The second-order valence-electron chi connectivity index (χ2n) is 24.0. The van der Waals surface area contributed by atoms with Gasteiger partial charge in [0.2, 0.25) is 0 Å². The quantitative estimate of drug-likeness (QED) is 0.0181. The third kappa shape index (κ3) is 25.2. The summed E-state index contributed by atoms with van der Waals surface area (Å²) < 4.78 is 8.27. The Morgan fingerprint density at radius 2 is 0.742 bits per heavy atom. The van der Waals surface area contributed by atoms with E-state index in [-0.39, 0.29) is 93.9 Å². The van der Waals surface area contributed by atoms with Gasteiger partial charge in [-0.05, 0) is 138 Å². The van der Waals surface area contributed by atoms with Crippen molar-refractivity contribution in [2.24, 2.45) is 0 Å². The molecule has 37 heteroatoms. The number of carbonyl (C=O) groups excluding carboxylic acids is 11. The molecule has 8 aromatic carbocycles. The van der Waals surface area contributed by atoms with Crippen molar-refractivity contribution in [3.05, 3.63) is 305 Å². The Labute approximate surface area is 733 Å². The normalized spacial score (nSPS) is 10.2. The predicted octanol–water partition coefficient (Wildman–Crippen LogP) is 20.6. The Hall–Kier alpha value is -12.2. The molecular weight excluding hydrogens is 1780 g/mol. The Balaban J connectivity index is 0.000000185. The van der Waals surface area contributed by atoms with E-state index >= 15 is 0 Å². The van der Waals surface area contributed by atoms with Gasteiger partial charge in [0.25, 0.3) is 17.1 Å². The van der Waals surface area contributed by atoms with E-state index in [1.165, 1.54) is 129 Å². The minimum Gasteiger partial charge on any atom is -0.478 e. The van der Waals surface area contributed by atoms with E-state index in [1.807, 2.05) is 122 Å². The number of halogens is 5. The van der Waals surface area contributed by atoms with Crippen LogP contribution in [0, 0.1) is 13.8 Å². The Kier molecular flexibility index (Phi) is 35.1. The average Bonchev–Trinajstić information content (AvgIpc) is 1.63. The van der Waals surface area contributed by atoms with Crippen LogP contribution in [0.15, 0.2) is 205 Å². The Morgan fingerprint density at radius 3 is 1.07 bits per heavy atom. The number of benzene rings is 8. The zero-order valence-corrected chi connectivity index (χ0v) is 71.5. The van der Waals surface area contributed by atoms with Crippen LogP contribution in [0.2, 0.25) is 20.1 Å². The standard InChI is InChI=1S/C21H13ClN2O4S2.C21H15ClN2O2S2.C18H13ClO3S.C9H4Cl2OS.C9H9NO4.C3H4N2S.2CO2/c22-17-14-3-1-2-4-16(14)30-18(17)15(25)10-12-9-11(5-6-13(12)20(27)28)19(26)24-21-23-7-8-29-21;1-12-6-7-13(20(26)24-21-23-8-9-27-21)10-14(12)11-16(25)19-18(22)15-4-2-3-5-17(15)28-19;1-10-6-7-11(18(21)22)8-12(10)9-14(20)17-16(19)13-4-2-3-5-15(13)23-17;10-7-5-3-1-2-4-6(5)13-8(7)9(11)12;1-14-9(13)6-3-2-5(8(11)12)4-7(6)10;4-3-5-1-2-6-3;2*2-1-3/h1-9H,10H2,(H,27,28)(H,23,24,26);2-10H,11H2,1H3,(H,23,24,26);2-8H,9H2,1H3,(H,21,22);1-4H;2-4H,10H2,1H3,(H,11,12);1-2H,(H2,4,5);;. The molecular formula is C83H58Cl5N7O18S7. The monoisotopic (exact) mass is 1840 g/mol. The van der Waals surface area contributed by atoms with E-state index < -0.39 is 35.0 Å². The second-order valence-corrected chi connectivity index (χ2v) is 32.8. The highest BCUT2D eigenvalue weighted by atomic mass is 35.5. The highest BCUT2D eigenvalue weighted by molar-refractivity contribution is 7.23. The van der Waals surface area contributed by atoms with Gasteiger partial charge < -0.3 is 31.5 Å². The van der Waals surface area contributed by atoms with E-state index in [4.69, 9.17) is 98.9 Å². The molecule has 7 heterocycles. The maximum Gasteiger partial charge on any atom is 0.373 e. The molecule has 7 aromatic heterocycles. The van der Waals surface area contributed by atoms with Crippen LogP contribution in [0.4, 0.5) is 21.1 Å². The zero-order chi connectivity index (χ0) is 87.4. The van der Waals surface area contributed by atoms with E-state index in [9.17, 15) is 53.1 Å². The van der Waals surface area contributed by atoms with Crippen molar-refractivity contribution >= 4 is 269 Å². The number of carboxylic acids is 3. The maximum atomic E-state index is 12.9. The number of methoxy groups -OCH3 is 1. The summed E-state index contributed by atoms with van der Waals surface area (Å²) in [6, 6.07) is 48.4. The molecule has 0 spiro atoms. The number of amides is 2. The number of ether oxygens (including phenoxy) is 1. The van der Waals surface area contributed by atoms with Gasteiger partial charge >= 0.3 is 36.2 Å². The molecule has 0 aliphatic rings. The molecule has 2 amide bonds. The number of hydrogen-bond acceptors (Lipinski definition) is 27. The number of aryl methyl sites for hydroxylation is 2. The number of esters is 1. The largest absolute Gasteiger partial charge is 0.478 e. The number of hydrogen-bond donors (Lipinski definition) is 7. The molecule has 0 aliphatic heterocycles. The molecule has 0 radical (unpaired) electrons. The molecule has 0 bridgehead atoms. The highest BCUT2D eigenvalue weighted by Gasteiger charge is 2.25. The maximum absolute atomic E-state index is 12.9. The molecule has 0 saturated heterocycles. The van der Waals surface area contributed by atoms with Crippen LogP contribution in [-0.2, 0) is 43.2 Å². The first-order valence-corrected chi connectivity index (χ1v) is 41.7. The minimum absolute atomic E-state index is 0.0358. The zero-order valence-electron chi connectivity index (χ0n) is 62.0. The molecule has 9 N–H and O–H groups in total. The number of fused-ring (bicyclic) bond motifs is 4. The summed E-state index contributed by atoms with van der Waals surface area (Å²) >= 11 is 39.9. The SMILES string of the molecule is COC(=O)c1ccc(C(=O)O)cc1N.Cc1ccc(C(=O)Nc2nccs2)cc1CC(=O)c1sc2ccccc2c1Cl.Cc1ccc(C(=O)O)cc1CC(=O)c1sc2ccccc2c1Cl.Nc1nccs1.O=C(Cl)c1sc2ccccc2c1Cl.O=C(Nc1nccs1)c1ccc(C(=O)O)c(CC(=O)c2sc3ccccc3c2Cl)c1.O=C=O.O=C=O. The number of rotatable bonds is 18. The second kappa shape index (κ2) is 45.1. The van der Waals surface area contributed by atoms with Crippen molar-refractivity contribution < 1.29 is 87.2 Å². The summed E-state index contributed by atoms with van der Waals surface area (Å²) in [6.07, 6.45) is 5.52. The highest BCUT2D eigenvalue weighted by Crippen LogP contribution is 2.40. The lowest BCUT2D eigenvalue weighted by Gasteiger charge is -2.09. The van der Waals surface area contributed by atoms with Crippen molar-refractivity contribution in [3.63, 3.8) is 0 Å². The van der Waals surface area contributed by atoms with Crippen molar-refractivity contribution in [2.45, 2.75) is 33.1 Å². The van der Waals surface area contributed by atoms with Gasteiger partial charge in [-0.2, -0.15) is 19.2 Å². The molecule has 0 unspecified atom stereocenters. The third-order valence-electron chi connectivity index (χ3n) is 16.4. The van der Waals surface area contributed by atoms with Gasteiger partial charge in [0.1, 0.15) is 4.88 Å². The molecule has 25 nitrogen and oxygen atoms in total. The average molecular weight is 1840 g/mol. The number of anilines is 4. The molecule has 15 rings (SSSR count). The molecule has 610 valence electrons. The number of aromatic carboxylic acids is 3. The molecule has 0 saturated carbocycles. The molecule has 15 aromatic rings. The van der Waals surface area contributed by atoms with Gasteiger partial charge in [-0.1, -0.05) is 131 Å². The lowest BCUT2D eigenvalue weighted by Crippen LogP contribution is -2.14. The lowest BCUT2D eigenvalue weighted by atomic mass is 9.98. The van der Waals surface area contributed by atoms with E-state index in [0.717, 1.165) is 57.0 Å². The van der Waals surface area contributed by atoms with Crippen molar-refractivity contribution in [3.8, 4) is 0 Å². The number of nitrogens with two attached hydrogens (primary N) is 2. The first-order valence-electron chi connectivity index (χ1n) is 33.9. The van der Waals surface area contributed by atoms with Crippen LogP contribution in [0.3, 0.4) is 0 Å². The molecule has 0 fully saturated rings. The van der Waals surface area contributed by atoms with E-state index in [0.29, 0.717) is 66.1 Å².